The van der Waals surface area contributed by atoms with Gasteiger partial charge in [0.1, 0.15) is 6.54 Å². The van der Waals surface area contributed by atoms with Gasteiger partial charge in [-0.05, 0) is 37.1 Å². The molecule has 0 aliphatic rings. The zero-order valence-electron chi connectivity index (χ0n) is 11.8. The van der Waals surface area contributed by atoms with Crippen LogP contribution < -0.4 is 9.62 Å². The molecule has 1 aromatic rings. The normalized spacial score (nSPS) is 11.2. The molecule has 0 saturated carbocycles. The van der Waals surface area contributed by atoms with Crippen molar-refractivity contribution in [3.8, 4) is 0 Å². The summed E-state index contributed by atoms with van der Waals surface area (Å²) in [6.07, 6.45) is 1.87. The zero-order valence-corrected chi connectivity index (χ0v) is 13.4. The predicted molar refractivity (Wildman–Crippen MR) is 81.7 cm³/mol. The average molecular weight is 319 g/mol. The highest BCUT2D eigenvalue weighted by molar-refractivity contribution is 7.92. The summed E-state index contributed by atoms with van der Waals surface area (Å²) in [5, 5.41) is 3.19. The Bertz CT molecular complexity index is 587. The fraction of sp³-hybridized carbons (Fsp3) is 0.462. The van der Waals surface area contributed by atoms with Gasteiger partial charge in [-0.15, -0.1) is 0 Å². The predicted octanol–water partition coefficient (Wildman–Crippen LogP) is 1.94. The monoisotopic (exact) mass is 318 g/mol. The summed E-state index contributed by atoms with van der Waals surface area (Å²) in [4.78, 5) is 11.8. The van der Waals surface area contributed by atoms with Crippen molar-refractivity contribution < 1.29 is 13.2 Å². The molecule has 0 saturated heterocycles. The Morgan fingerprint density at radius 1 is 1.40 bits per heavy atom. The summed E-state index contributed by atoms with van der Waals surface area (Å²) < 4.78 is 24.9. The Morgan fingerprint density at radius 3 is 2.55 bits per heavy atom. The van der Waals surface area contributed by atoms with E-state index in [4.69, 9.17) is 11.6 Å². The minimum atomic E-state index is -3.54. The van der Waals surface area contributed by atoms with Gasteiger partial charge < -0.3 is 5.32 Å². The van der Waals surface area contributed by atoms with Gasteiger partial charge in [0.05, 0.1) is 11.9 Å². The van der Waals surface area contributed by atoms with Crippen molar-refractivity contribution in [1.82, 2.24) is 5.32 Å². The Morgan fingerprint density at radius 2 is 2.05 bits per heavy atom. The number of hydrogen-bond donors (Lipinski definition) is 1. The molecule has 7 heteroatoms. The van der Waals surface area contributed by atoms with E-state index >= 15 is 0 Å². The minimum absolute atomic E-state index is 0.235. The molecule has 1 amide bonds. The van der Waals surface area contributed by atoms with Crippen LogP contribution in [-0.4, -0.2) is 33.7 Å². The second-order valence-corrected chi connectivity index (χ2v) is 6.89. The van der Waals surface area contributed by atoms with E-state index in [-0.39, 0.29) is 12.5 Å². The molecule has 5 nitrogen and oxygen atoms in total. The van der Waals surface area contributed by atoms with Gasteiger partial charge in [-0.2, -0.15) is 0 Å². The first-order valence-corrected chi connectivity index (χ1v) is 8.49. The maximum atomic E-state index is 11.9. The third-order valence-corrected chi connectivity index (χ3v) is 4.05. The number of anilines is 1. The lowest BCUT2D eigenvalue weighted by Crippen LogP contribution is -2.40. The van der Waals surface area contributed by atoms with Crippen LogP contribution in [0.3, 0.4) is 0 Å². The van der Waals surface area contributed by atoms with Crippen molar-refractivity contribution in [2.45, 2.75) is 20.3 Å². The van der Waals surface area contributed by atoms with Crippen molar-refractivity contribution >= 4 is 33.2 Å². The Kier molecular flexibility index (Phi) is 5.83. The molecule has 0 unspecified atom stereocenters. The highest BCUT2D eigenvalue weighted by Gasteiger charge is 2.22. The first-order chi connectivity index (χ1) is 9.25. The van der Waals surface area contributed by atoms with Crippen molar-refractivity contribution in [2.24, 2.45) is 0 Å². The number of benzene rings is 1. The molecule has 0 fully saturated rings. The molecule has 1 rings (SSSR count). The summed E-state index contributed by atoms with van der Waals surface area (Å²) in [6, 6.07) is 4.87. The number of halogens is 1. The molecular weight excluding hydrogens is 300 g/mol. The molecule has 0 radical (unpaired) electrons. The highest BCUT2D eigenvalue weighted by atomic mass is 35.5. The number of nitrogens with one attached hydrogen (secondary N) is 1. The smallest absolute Gasteiger partial charge is 0.240 e. The van der Waals surface area contributed by atoms with Crippen LogP contribution >= 0.6 is 11.6 Å². The topological polar surface area (TPSA) is 66.5 Å². The van der Waals surface area contributed by atoms with E-state index in [9.17, 15) is 13.2 Å². The van der Waals surface area contributed by atoms with E-state index in [2.05, 4.69) is 5.32 Å². The van der Waals surface area contributed by atoms with E-state index in [0.717, 1.165) is 17.0 Å². The average Bonchev–Trinajstić information content (AvgIpc) is 2.33. The van der Waals surface area contributed by atoms with Crippen molar-refractivity contribution in [1.29, 1.82) is 0 Å². The van der Waals surface area contributed by atoms with E-state index in [0.29, 0.717) is 22.8 Å². The van der Waals surface area contributed by atoms with Crippen LogP contribution in [-0.2, 0) is 14.8 Å². The first kappa shape index (κ1) is 16.8. The first-order valence-electron chi connectivity index (χ1n) is 6.26. The number of rotatable bonds is 6. The summed E-state index contributed by atoms with van der Waals surface area (Å²) in [7, 11) is -3.54. The SMILES string of the molecule is CCCNC(=O)CN(c1ccc(Cl)cc1C)S(C)(=O)=O. The molecule has 0 atom stereocenters. The zero-order chi connectivity index (χ0) is 15.3. The summed E-state index contributed by atoms with van der Waals surface area (Å²) in [5.41, 5.74) is 1.16. The maximum Gasteiger partial charge on any atom is 0.240 e. The van der Waals surface area contributed by atoms with Crippen LogP contribution in [0.1, 0.15) is 18.9 Å². The number of nitrogens with zero attached hydrogens (tertiary/aromatic N) is 1. The molecule has 20 heavy (non-hydrogen) atoms. The van der Waals surface area contributed by atoms with E-state index in [1.54, 1.807) is 25.1 Å². The maximum absolute atomic E-state index is 11.9. The van der Waals surface area contributed by atoms with Gasteiger partial charge in [-0.25, -0.2) is 8.42 Å². The summed E-state index contributed by atoms with van der Waals surface area (Å²) in [6.45, 7) is 3.97. The molecule has 0 aliphatic carbocycles. The Labute approximate surface area is 125 Å². The largest absolute Gasteiger partial charge is 0.355 e. The van der Waals surface area contributed by atoms with E-state index in [1.807, 2.05) is 6.92 Å². The van der Waals surface area contributed by atoms with Gasteiger partial charge in [-0.3, -0.25) is 9.10 Å². The van der Waals surface area contributed by atoms with Crippen LogP contribution in [0.2, 0.25) is 5.02 Å². The molecule has 112 valence electrons. The van der Waals surface area contributed by atoms with Crippen molar-refractivity contribution in [3.05, 3.63) is 28.8 Å². The van der Waals surface area contributed by atoms with Crippen LogP contribution in [0, 0.1) is 6.92 Å². The van der Waals surface area contributed by atoms with Gasteiger partial charge in [0.2, 0.25) is 15.9 Å². The lowest BCUT2D eigenvalue weighted by molar-refractivity contribution is -0.119. The van der Waals surface area contributed by atoms with Gasteiger partial charge in [0.15, 0.2) is 0 Å². The van der Waals surface area contributed by atoms with E-state index in [1.165, 1.54) is 0 Å². The molecule has 1 aromatic carbocycles. The van der Waals surface area contributed by atoms with Crippen LogP contribution in [0.15, 0.2) is 18.2 Å². The van der Waals surface area contributed by atoms with Crippen molar-refractivity contribution in [3.63, 3.8) is 0 Å². The number of aryl methyl sites for hydroxylation is 1. The van der Waals surface area contributed by atoms with Crippen LogP contribution in [0.5, 0.6) is 0 Å². The molecule has 1 N–H and O–H groups in total. The summed E-state index contributed by atoms with van der Waals surface area (Å²) in [5.74, 6) is -0.327. The second kappa shape index (κ2) is 6.95. The second-order valence-electron chi connectivity index (χ2n) is 4.55. The van der Waals surface area contributed by atoms with Crippen LogP contribution in [0.4, 0.5) is 5.69 Å². The number of hydrogen-bond acceptors (Lipinski definition) is 3. The quantitative estimate of drug-likeness (QED) is 0.871. The molecule has 0 aromatic heterocycles. The fourth-order valence-electron chi connectivity index (χ4n) is 1.73. The fourth-order valence-corrected chi connectivity index (χ4v) is 2.87. The Balaban J connectivity index is 3.05. The molecular formula is C13H19ClN2O3S. The molecule has 0 aliphatic heterocycles. The van der Waals surface area contributed by atoms with E-state index < -0.39 is 10.0 Å². The molecule has 0 bridgehead atoms. The number of amides is 1. The third kappa shape index (κ3) is 4.68. The highest BCUT2D eigenvalue weighted by Crippen LogP contribution is 2.25. The third-order valence-electron chi connectivity index (χ3n) is 2.69. The molecule has 0 heterocycles. The standard InChI is InChI=1S/C13H19ClN2O3S/c1-4-7-15-13(17)9-16(20(3,18)19)12-6-5-11(14)8-10(12)2/h5-6,8H,4,7,9H2,1-3H3,(H,15,17). The Hall–Kier alpha value is -1.27. The number of sulfonamides is 1. The van der Waals surface area contributed by atoms with Crippen molar-refractivity contribution in [2.75, 3.05) is 23.7 Å². The molecule has 0 spiro atoms. The lowest BCUT2D eigenvalue weighted by atomic mass is 10.2. The van der Waals surface area contributed by atoms with Gasteiger partial charge >= 0.3 is 0 Å². The van der Waals surface area contributed by atoms with Crippen LogP contribution in [0.25, 0.3) is 0 Å². The lowest BCUT2D eigenvalue weighted by Gasteiger charge is -2.23. The van der Waals surface area contributed by atoms with Gasteiger partial charge in [-0.1, -0.05) is 18.5 Å². The van der Waals surface area contributed by atoms with Gasteiger partial charge in [0, 0.05) is 11.6 Å². The summed E-state index contributed by atoms with van der Waals surface area (Å²) >= 11 is 5.86. The number of carbonyl (C=O) groups excluding carboxylic acids is 1. The van der Waals surface area contributed by atoms with Gasteiger partial charge in [0.25, 0.3) is 0 Å². The minimum Gasteiger partial charge on any atom is -0.355 e. The number of carbonyl (C=O) groups is 1.